The zero-order valence-electron chi connectivity index (χ0n) is 15.5. The standard InChI is InChI=1S/C20H23FN2O4/c1-14(2)19(25)27-12-6-4-5-11-22-13-15(3)18(24)23(20(22)26)17-9-7-16(21)8-10-17/h7-10,13H,1,4-6,11-12H2,2-3H3. The number of carbonyl (C=O) groups is 1. The van der Waals surface area contributed by atoms with Crippen molar-refractivity contribution in [3.05, 3.63) is 74.8 Å². The van der Waals surface area contributed by atoms with E-state index in [-0.39, 0.29) is 0 Å². The minimum Gasteiger partial charge on any atom is -0.462 e. The van der Waals surface area contributed by atoms with E-state index in [1.807, 2.05) is 0 Å². The molecule has 0 unspecified atom stereocenters. The van der Waals surface area contributed by atoms with Gasteiger partial charge in [-0.1, -0.05) is 6.58 Å². The first-order valence-electron chi connectivity index (χ1n) is 8.73. The predicted molar refractivity (Wildman–Crippen MR) is 101 cm³/mol. The largest absolute Gasteiger partial charge is 0.462 e. The Hall–Kier alpha value is -2.96. The molecule has 2 aromatic rings. The van der Waals surface area contributed by atoms with E-state index in [1.54, 1.807) is 13.8 Å². The van der Waals surface area contributed by atoms with E-state index in [0.717, 1.165) is 11.0 Å². The van der Waals surface area contributed by atoms with Crippen LogP contribution in [-0.2, 0) is 16.1 Å². The number of halogens is 1. The number of carbonyl (C=O) groups excluding carboxylic acids is 1. The zero-order valence-corrected chi connectivity index (χ0v) is 15.5. The van der Waals surface area contributed by atoms with Crippen molar-refractivity contribution in [3.63, 3.8) is 0 Å². The minimum absolute atomic E-state index is 0.300. The lowest BCUT2D eigenvalue weighted by molar-refractivity contribution is -0.139. The predicted octanol–water partition coefficient (Wildman–Crippen LogP) is 2.74. The van der Waals surface area contributed by atoms with Gasteiger partial charge in [-0.25, -0.2) is 18.5 Å². The van der Waals surface area contributed by atoms with Crippen LogP contribution >= 0.6 is 0 Å². The molecule has 0 N–H and O–H groups in total. The number of rotatable bonds is 8. The summed E-state index contributed by atoms with van der Waals surface area (Å²) in [5.74, 6) is -0.847. The van der Waals surface area contributed by atoms with E-state index in [1.165, 1.54) is 35.0 Å². The van der Waals surface area contributed by atoms with Gasteiger partial charge in [-0.2, -0.15) is 0 Å². The van der Waals surface area contributed by atoms with Gasteiger partial charge in [0, 0.05) is 23.9 Å². The highest BCUT2D eigenvalue weighted by molar-refractivity contribution is 5.86. The fourth-order valence-electron chi connectivity index (χ4n) is 2.56. The first-order valence-corrected chi connectivity index (χ1v) is 8.73. The lowest BCUT2D eigenvalue weighted by Crippen LogP contribution is -2.39. The summed E-state index contributed by atoms with van der Waals surface area (Å²) in [5.41, 5.74) is 0.227. The third kappa shape index (κ3) is 5.26. The Morgan fingerprint density at radius 3 is 2.44 bits per heavy atom. The first kappa shape index (κ1) is 20.4. The summed E-state index contributed by atoms with van der Waals surface area (Å²) < 4.78 is 20.7. The van der Waals surface area contributed by atoms with Gasteiger partial charge in [0.05, 0.1) is 12.3 Å². The molecule has 2 rings (SSSR count). The average Bonchev–Trinajstić information content (AvgIpc) is 2.63. The summed E-state index contributed by atoms with van der Waals surface area (Å²) in [6.45, 7) is 7.46. The number of benzene rings is 1. The number of aryl methyl sites for hydroxylation is 2. The zero-order chi connectivity index (χ0) is 20.0. The first-order chi connectivity index (χ1) is 12.8. The molecule has 0 amide bonds. The summed E-state index contributed by atoms with van der Waals surface area (Å²) in [6.07, 6.45) is 3.65. The van der Waals surface area contributed by atoms with E-state index < -0.39 is 23.0 Å². The lowest BCUT2D eigenvalue weighted by atomic mass is 10.2. The topological polar surface area (TPSA) is 70.3 Å². The molecule has 0 atom stereocenters. The van der Waals surface area contributed by atoms with Crippen LogP contribution in [-0.4, -0.2) is 21.7 Å². The molecule has 0 fully saturated rings. The van der Waals surface area contributed by atoms with Crippen LogP contribution in [0.4, 0.5) is 4.39 Å². The molecule has 0 aliphatic rings. The fraction of sp³-hybridized carbons (Fsp3) is 0.350. The van der Waals surface area contributed by atoms with Crippen molar-refractivity contribution in [2.75, 3.05) is 6.61 Å². The van der Waals surface area contributed by atoms with Crippen LogP contribution in [0.15, 0.2) is 52.2 Å². The highest BCUT2D eigenvalue weighted by Crippen LogP contribution is 2.06. The molecule has 0 saturated heterocycles. The van der Waals surface area contributed by atoms with Gasteiger partial charge in [0.15, 0.2) is 0 Å². The normalized spacial score (nSPS) is 10.6. The Morgan fingerprint density at radius 2 is 1.81 bits per heavy atom. The maximum absolute atomic E-state index is 13.1. The fourth-order valence-corrected chi connectivity index (χ4v) is 2.56. The van der Waals surface area contributed by atoms with Crippen LogP contribution in [0.5, 0.6) is 0 Å². The van der Waals surface area contributed by atoms with Gasteiger partial charge >= 0.3 is 11.7 Å². The van der Waals surface area contributed by atoms with Crippen LogP contribution in [0, 0.1) is 12.7 Å². The Labute approximate surface area is 156 Å². The van der Waals surface area contributed by atoms with Crippen molar-refractivity contribution in [3.8, 4) is 5.69 Å². The van der Waals surface area contributed by atoms with Gasteiger partial charge in [-0.05, 0) is 57.4 Å². The van der Waals surface area contributed by atoms with Gasteiger partial charge in [0.25, 0.3) is 5.56 Å². The van der Waals surface area contributed by atoms with Gasteiger partial charge in [-0.3, -0.25) is 9.36 Å². The number of aromatic nitrogens is 2. The molecule has 0 radical (unpaired) electrons. The molecule has 7 heteroatoms. The Balaban J connectivity index is 2.05. The second-order valence-corrected chi connectivity index (χ2v) is 6.38. The molecule has 0 saturated carbocycles. The minimum atomic E-state index is -0.467. The van der Waals surface area contributed by atoms with Crippen molar-refractivity contribution in [1.82, 2.24) is 9.13 Å². The van der Waals surface area contributed by atoms with E-state index in [4.69, 9.17) is 4.74 Å². The molecule has 1 aromatic heterocycles. The van der Waals surface area contributed by atoms with Gasteiger partial charge in [-0.15, -0.1) is 0 Å². The quantitative estimate of drug-likeness (QED) is 0.405. The number of hydrogen-bond acceptors (Lipinski definition) is 4. The van der Waals surface area contributed by atoms with Gasteiger partial charge in [0.1, 0.15) is 5.82 Å². The van der Waals surface area contributed by atoms with Crippen LogP contribution < -0.4 is 11.2 Å². The van der Waals surface area contributed by atoms with Crippen molar-refractivity contribution in [2.45, 2.75) is 39.7 Å². The molecular weight excluding hydrogens is 351 g/mol. The van der Waals surface area contributed by atoms with Crippen molar-refractivity contribution in [1.29, 1.82) is 0 Å². The second-order valence-electron chi connectivity index (χ2n) is 6.38. The summed E-state index contributed by atoms with van der Waals surface area (Å²) in [4.78, 5) is 36.3. The molecule has 0 aliphatic heterocycles. The molecule has 1 aromatic carbocycles. The van der Waals surface area contributed by atoms with Crippen LogP contribution in [0.3, 0.4) is 0 Å². The van der Waals surface area contributed by atoms with Gasteiger partial charge < -0.3 is 4.74 Å². The Morgan fingerprint density at radius 1 is 1.15 bits per heavy atom. The molecule has 0 bridgehead atoms. The maximum Gasteiger partial charge on any atom is 0.335 e. The molecule has 144 valence electrons. The van der Waals surface area contributed by atoms with Crippen molar-refractivity contribution in [2.24, 2.45) is 0 Å². The average molecular weight is 374 g/mol. The van der Waals surface area contributed by atoms with Crippen LogP contribution in [0.1, 0.15) is 31.7 Å². The van der Waals surface area contributed by atoms with Crippen LogP contribution in [0.25, 0.3) is 5.69 Å². The Bertz CT molecular complexity index is 942. The Kier molecular flexibility index (Phi) is 6.87. The van der Waals surface area contributed by atoms with E-state index in [0.29, 0.717) is 42.8 Å². The van der Waals surface area contributed by atoms with E-state index >= 15 is 0 Å². The molecular formula is C20H23FN2O4. The van der Waals surface area contributed by atoms with Crippen LogP contribution in [0.2, 0.25) is 0 Å². The molecule has 27 heavy (non-hydrogen) atoms. The summed E-state index contributed by atoms with van der Waals surface area (Å²) in [6, 6.07) is 5.22. The third-order valence-corrected chi connectivity index (χ3v) is 4.04. The summed E-state index contributed by atoms with van der Waals surface area (Å²) in [7, 11) is 0. The number of unbranched alkanes of at least 4 members (excludes halogenated alkanes) is 2. The van der Waals surface area contributed by atoms with Crippen molar-refractivity contribution >= 4 is 5.97 Å². The lowest BCUT2D eigenvalue weighted by Gasteiger charge is -2.12. The maximum atomic E-state index is 13.1. The molecule has 1 heterocycles. The smallest absolute Gasteiger partial charge is 0.335 e. The molecule has 0 spiro atoms. The number of esters is 1. The van der Waals surface area contributed by atoms with E-state index in [2.05, 4.69) is 6.58 Å². The highest BCUT2D eigenvalue weighted by atomic mass is 19.1. The SMILES string of the molecule is C=C(C)C(=O)OCCCCCn1cc(C)c(=O)n(-c2ccc(F)cc2)c1=O. The summed E-state index contributed by atoms with van der Waals surface area (Å²) in [5, 5.41) is 0. The monoisotopic (exact) mass is 374 g/mol. The number of nitrogens with zero attached hydrogens (tertiary/aromatic N) is 2. The third-order valence-electron chi connectivity index (χ3n) is 4.04. The van der Waals surface area contributed by atoms with Gasteiger partial charge in [0.2, 0.25) is 0 Å². The second kappa shape index (κ2) is 9.12. The number of ether oxygens (including phenoxy) is 1. The molecule has 6 nitrogen and oxygen atoms in total. The number of hydrogen-bond donors (Lipinski definition) is 0. The summed E-state index contributed by atoms with van der Waals surface area (Å²) >= 11 is 0. The molecule has 0 aliphatic carbocycles. The van der Waals surface area contributed by atoms with E-state index in [9.17, 15) is 18.8 Å². The highest BCUT2D eigenvalue weighted by Gasteiger charge is 2.11. The van der Waals surface area contributed by atoms with Crippen molar-refractivity contribution < 1.29 is 13.9 Å².